The quantitative estimate of drug-likeness (QED) is 0.798. The van der Waals surface area contributed by atoms with Gasteiger partial charge in [0.25, 0.3) is 0 Å². The Morgan fingerprint density at radius 3 is 2.68 bits per heavy atom. The number of halogens is 2. The van der Waals surface area contributed by atoms with E-state index < -0.39 is 11.6 Å². The Labute approximate surface area is 109 Å². The fourth-order valence-electron chi connectivity index (χ4n) is 1.75. The van der Waals surface area contributed by atoms with E-state index in [9.17, 15) is 13.6 Å². The van der Waals surface area contributed by atoms with Crippen LogP contribution >= 0.6 is 0 Å². The molecule has 19 heavy (non-hydrogen) atoms. The van der Waals surface area contributed by atoms with Gasteiger partial charge in [-0.2, -0.15) is 5.10 Å². The number of carbonyl (C=O) groups is 1. The number of hydrogen-bond acceptors (Lipinski definition) is 3. The van der Waals surface area contributed by atoms with Crippen molar-refractivity contribution in [1.29, 1.82) is 0 Å². The summed E-state index contributed by atoms with van der Waals surface area (Å²) >= 11 is 0. The smallest absolute Gasteiger partial charge is 0.170 e. The van der Waals surface area contributed by atoms with Crippen LogP contribution < -0.4 is 0 Å². The fourth-order valence-corrected chi connectivity index (χ4v) is 1.75. The summed E-state index contributed by atoms with van der Waals surface area (Å²) in [5, 5.41) is 4.01. The molecule has 2 rings (SSSR count). The minimum Gasteiger partial charge on any atom is -0.294 e. The van der Waals surface area contributed by atoms with E-state index in [4.69, 9.17) is 0 Å². The molecule has 0 radical (unpaired) electrons. The Hall–Kier alpha value is -2.11. The highest BCUT2D eigenvalue weighted by molar-refractivity contribution is 5.97. The predicted molar refractivity (Wildman–Crippen MR) is 64.8 cm³/mol. The van der Waals surface area contributed by atoms with Crippen LogP contribution in [0.3, 0.4) is 0 Å². The third-order valence-electron chi connectivity index (χ3n) is 2.70. The van der Waals surface area contributed by atoms with Crippen molar-refractivity contribution in [1.82, 2.24) is 14.8 Å². The Morgan fingerprint density at radius 1 is 1.32 bits per heavy atom. The predicted octanol–water partition coefficient (Wildman–Crippen LogP) is 2.56. The van der Waals surface area contributed by atoms with Crippen LogP contribution in [0.1, 0.15) is 36.1 Å². The van der Waals surface area contributed by atoms with Gasteiger partial charge in [0.15, 0.2) is 17.4 Å². The number of rotatable bonds is 4. The van der Waals surface area contributed by atoms with Gasteiger partial charge in [-0.1, -0.05) is 0 Å². The lowest BCUT2D eigenvalue weighted by Crippen LogP contribution is -2.13. The van der Waals surface area contributed by atoms with Gasteiger partial charge in [-0.15, -0.1) is 0 Å². The summed E-state index contributed by atoms with van der Waals surface area (Å²) in [6.45, 7) is 3.83. The highest BCUT2D eigenvalue weighted by atomic mass is 19.2. The monoisotopic (exact) mass is 265 g/mol. The number of carbonyl (C=O) groups excluding carboxylic acids is 1. The van der Waals surface area contributed by atoms with Crippen molar-refractivity contribution in [3.8, 4) is 0 Å². The Kier molecular flexibility index (Phi) is 3.69. The third-order valence-corrected chi connectivity index (χ3v) is 2.70. The van der Waals surface area contributed by atoms with E-state index >= 15 is 0 Å². The first kappa shape index (κ1) is 13.3. The van der Waals surface area contributed by atoms with Gasteiger partial charge in [0.05, 0.1) is 6.42 Å². The van der Waals surface area contributed by atoms with Gasteiger partial charge in [-0.05, 0) is 32.0 Å². The van der Waals surface area contributed by atoms with Gasteiger partial charge in [-0.3, -0.25) is 4.79 Å². The van der Waals surface area contributed by atoms with E-state index in [1.807, 2.05) is 13.8 Å². The molecule has 100 valence electrons. The summed E-state index contributed by atoms with van der Waals surface area (Å²) in [4.78, 5) is 16.0. The van der Waals surface area contributed by atoms with Crippen LogP contribution in [-0.4, -0.2) is 20.5 Å². The SMILES string of the molecule is CC(C)n1ncnc1CC(=O)c1ccc(F)c(F)c1. The molecule has 6 heteroatoms. The van der Waals surface area contributed by atoms with E-state index in [0.29, 0.717) is 5.82 Å². The fraction of sp³-hybridized carbons (Fsp3) is 0.308. The maximum atomic E-state index is 13.1. The van der Waals surface area contributed by atoms with Crippen LogP contribution in [0.4, 0.5) is 8.78 Å². The number of ketones is 1. The van der Waals surface area contributed by atoms with E-state index in [-0.39, 0.29) is 23.8 Å². The van der Waals surface area contributed by atoms with Crippen LogP contribution in [0, 0.1) is 11.6 Å². The topological polar surface area (TPSA) is 47.8 Å². The molecule has 4 nitrogen and oxygen atoms in total. The highest BCUT2D eigenvalue weighted by Gasteiger charge is 2.15. The Morgan fingerprint density at radius 2 is 2.05 bits per heavy atom. The zero-order chi connectivity index (χ0) is 14.0. The number of Topliss-reactive ketones (excluding diaryl/α,β-unsaturated/α-hetero) is 1. The summed E-state index contributed by atoms with van der Waals surface area (Å²) < 4.78 is 27.5. The average Bonchev–Trinajstić information content (AvgIpc) is 2.80. The molecule has 1 heterocycles. The molecule has 0 N–H and O–H groups in total. The molecular formula is C13H13F2N3O. The minimum atomic E-state index is -1.03. The summed E-state index contributed by atoms with van der Waals surface area (Å²) in [6, 6.07) is 3.18. The van der Waals surface area contributed by atoms with Crippen LogP contribution in [0.15, 0.2) is 24.5 Å². The second kappa shape index (κ2) is 5.26. The first-order chi connectivity index (χ1) is 8.99. The molecule has 0 aliphatic rings. The standard InChI is InChI=1S/C13H13F2N3O/c1-8(2)18-13(16-7-17-18)6-12(19)9-3-4-10(14)11(15)5-9/h3-5,7-8H,6H2,1-2H3. The van der Waals surface area contributed by atoms with Gasteiger partial charge in [0, 0.05) is 11.6 Å². The molecule has 1 aromatic carbocycles. The first-order valence-electron chi connectivity index (χ1n) is 5.85. The van der Waals surface area contributed by atoms with Crippen molar-refractivity contribution >= 4 is 5.78 Å². The molecule has 0 unspecified atom stereocenters. The molecule has 0 atom stereocenters. The van der Waals surface area contributed by atoms with Crippen LogP contribution in [0.5, 0.6) is 0 Å². The summed E-state index contributed by atoms with van der Waals surface area (Å²) in [7, 11) is 0. The molecule has 0 saturated carbocycles. The molecule has 0 aliphatic heterocycles. The number of hydrogen-bond donors (Lipinski definition) is 0. The molecule has 1 aromatic heterocycles. The Bertz CT molecular complexity index is 608. The van der Waals surface area contributed by atoms with E-state index in [0.717, 1.165) is 12.1 Å². The summed E-state index contributed by atoms with van der Waals surface area (Å²) in [5.74, 6) is -1.82. The van der Waals surface area contributed by atoms with E-state index in [2.05, 4.69) is 10.1 Å². The maximum Gasteiger partial charge on any atom is 0.170 e. The molecule has 0 bridgehead atoms. The minimum absolute atomic E-state index is 0.00323. The van der Waals surface area contributed by atoms with Gasteiger partial charge in [0.2, 0.25) is 0 Å². The molecule has 0 spiro atoms. The number of nitrogens with zero attached hydrogens (tertiary/aromatic N) is 3. The van der Waals surface area contributed by atoms with Gasteiger partial charge < -0.3 is 0 Å². The molecule has 2 aromatic rings. The van der Waals surface area contributed by atoms with Crippen molar-refractivity contribution in [2.45, 2.75) is 26.3 Å². The zero-order valence-corrected chi connectivity index (χ0v) is 10.6. The van der Waals surface area contributed by atoms with Crippen molar-refractivity contribution in [3.63, 3.8) is 0 Å². The van der Waals surface area contributed by atoms with Crippen LogP contribution in [0.2, 0.25) is 0 Å². The highest BCUT2D eigenvalue weighted by Crippen LogP contribution is 2.12. The van der Waals surface area contributed by atoms with Crippen molar-refractivity contribution in [2.24, 2.45) is 0 Å². The third kappa shape index (κ3) is 2.83. The molecule has 0 fully saturated rings. The second-order valence-electron chi connectivity index (χ2n) is 4.44. The van der Waals surface area contributed by atoms with Crippen molar-refractivity contribution in [3.05, 3.63) is 47.5 Å². The van der Waals surface area contributed by atoms with E-state index in [1.54, 1.807) is 4.68 Å². The maximum absolute atomic E-state index is 13.1. The first-order valence-corrected chi connectivity index (χ1v) is 5.85. The number of aromatic nitrogens is 3. The Balaban J connectivity index is 2.21. The largest absolute Gasteiger partial charge is 0.294 e. The lowest BCUT2D eigenvalue weighted by molar-refractivity contribution is 0.0988. The van der Waals surface area contributed by atoms with Gasteiger partial charge >= 0.3 is 0 Å². The molecule has 0 amide bonds. The normalized spacial score (nSPS) is 11.0. The van der Waals surface area contributed by atoms with Gasteiger partial charge in [0.1, 0.15) is 12.2 Å². The number of benzene rings is 1. The lowest BCUT2D eigenvalue weighted by atomic mass is 10.1. The second-order valence-corrected chi connectivity index (χ2v) is 4.44. The van der Waals surface area contributed by atoms with Crippen LogP contribution in [0.25, 0.3) is 0 Å². The van der Waals surface area contributed by atoms with Crippen molar-refractivity contribution in [2.75, 3.05) is 0 Å². The summed E-state index contributed by atoms with van der Waals surface area (Å²) in [5.41, 5.74) is 0.122. The van der Waals surface area contributed by atoms with Crippen LogP contribution in [-0.2, 0) is 6.42 Å². The molecular weight excluding hydrogens is 252 g/mol. The molecule has 0 saturated heterocycles. The van der Waals surface area contributed by atoms with Gasteiger partial charge in [-0.25, -0.2) is 18.4 Å². The summed E-state index contributed by atoms with van der Waals surface area (Å²) in [6.07, 6.45) is 1.37. The van der Waals surface area contributed by atoms with Crippen molar-refractivity contribution < 1.29 is 13.6 Å². The zero-order valence-electron chi connectivity index (χ0n) is 10.6. The lowest BCUT2D eigenvalue weighted by Gasteiger charge is -2.08. The van der Waals surface area contributed by atoms with E-state index in [1.165, 1.54) is 12.4 Å². The molecule has 0 aliphatic carbocycles. The average molecular weight is 265 g/mol.